The highest BCUT2D eigenvalue weighted by molar-refractivity contribution is 5.68. The van der Waals surface area contributed by atoms with E-state index in [1.807, 2.05) is 24.3 Å². The minimum Gasteiger partial charge on any atom is -0.480 e. The zero-order valence-corrected chi connectivity index (χ0v) is 12.1. The van der Waals surface area contributed by atoms with Crippen molar-refractivity contribution in [3.8, 4) is 11.3 Å². The SMILES string of the molecule is CCc1ccc(-c2cc3c(=O)n(CC(=O)O)ccn3n2)cc1. The molecule has 112 valence electrons. The second-order valence-electron chi connectivity index (χ2n) is 5.03. The zero-order valence-electron chi connectivity index (χ0n) is 12.1. The van der Waals surface area contributed by atoms with E-state index < -0.39 is 5.97 Å². The Bertz CT molecular complexity index is 891. The van der Waals surface area contributed by atoms with Crippen LogP contribution in [-0.4, -0.2) is 25.3 Å². The molecule has 0 aliphatic carbocycles. The van der Waals surface area contributed by atoms with Crippen LogP contribution in [0.5, 0.6) is 0 Å². The summed E-state index contributed by atoms with van der Waals surface area (Å²) in [6.07, 6.45) is 3.98. The molecular formula is C16H15N3O3. The standard InChI is InChI=1S/C16H15N3O3/c1-2-11-3-5-12(6-4-11)13-9-14-16(22)18(10-15(20)21)7-8-19(14)17-13/h3-9H,2,10H2,1H3,(H,20,21). The monoisotopic (exact) mass is 297 g/mol. The Labute approximate surface area is 126 Å². The van der Waals surface area contributed by atoms with E-state index in [4.69, 9.17) is 5.11 Å². The molecule has 0 aliphatic rings. The van der Waals surface area contributed by atoms with Gasteiger partial charge in [-0.25, -0.2) is 4.52 Å². The van der Waals surface area contributed by atoms with Gasteiger partial charge in [0.25, 0.3) is 5.56 Å². The number of fused-ring (bicyclic) bond motifs is 1. The van der Waals surface area contributed by atoms with Crippen molar-refractivity contribution in [1.29, 1.82) is 0 Å². The molecule has 0 atom stereocenters. The van der Waals surface area contributed by atoms with Gasteiger partial charge in [-0.3, -0.25) is 9.59 Å². The van der Waals surface area contributed by atoms with Crippen molar-refractivity contribution in [2.45, 2.75) is 19.9 Å². The van der Waals surface area contributed by atoms with Crippen molar-refractivity contribution >= 4 is 11.5 Å². The molecule has 0 aliphatic heterocycles. The number of aromatic nitrogens is 3. The largest absolute Gasteiger partial charge is 0.480 e. The molecule has 3 aromatic rings. The van der Waals surface area contributed by atoms with Crippen LogP contribution in [0.4, 0.5) is 0 Å². The van der Waals surface area contributed by atoms with E-state index in [0.29, 0.717) is 11.2 Å². The molecule has 2 aromatic heterocycles. The second-order valence-corrected chi connectivity index (χ2v) is 5.03. The molecule has 2 heterocycles. The Morgan fingerprint density at radius 2 is 1.95 bits per heavy atom. The van der Waals surface area contributed by atoms with Gasteiger partial charge in [0.05, 0.1) is 5.69 Å². The van der Waals surface area contributed by atoms with Crippen molar-refractivity contribution in [1.82, 2.24) is 14.2 Å². The molecule has 3 rings (SSSR count). The molecule has 0 fully saturated rings. The summed E-state index contributed by atoms with van der Waals surface area (Å²) in [6.45, 7) is 1.73. The molecule has 1 N–H and O–H groups in total. The Balaban J connectivity index is 2.07. The molecule has 0 radical (unpaired) electrons. The van der Waals surface area contributed by atoms with Crippen LogP contribution in [0.15, 0.2) is 47.5 Å². The third-order valence-corrected chi connectivity index (χ3v) is 3.57. The average molecular weight is 297 g/mol. The summed E-state index contributed by atoms with van der Waals surface area (Å²) in [6, 6.07) is 9.68. The van der Waals surface area contributed by atoms with Gasteiger partial charge in [-0.1, -0.05) is 31.2 Å². The molecule has 0 amide bonds. The van der Waals surface area contributed by atoms with E-state index in [2.05, 4.69) is 12.0 Å². The zero-order chi connectivity index (χ0) is 15.7. The van der Waals surface area contributed by atoms with Gasteiger partial charge in [-0.15, -0.1) is 0 Å². The lowest BCUT2D eigenvalue weighted by Crippen LogP contribution is -2.24. The second kappa shape index (κ2) is 5.48. The molecule has 0 bridgehead atoms. The normalized spacial score (nSPS) is 11.0. The van der Waals surface area contributed by atoms with Crippen molar-refractivity contribution in [2.24, 2.45) is 0 Å². The van der Waals surface area contributed by atoms with Gasteiger partial charge in [-0.05, 0) is 18.1 Å². The lowest BCUT2D eigenvalue weighted by Gasteiger charge is -2.01. The van der Waals surface area contributed by atoms with Crippen LogP contribution in [0.2, 0.25) is 0 Å². The number of carboxylic acids is 1. The predicted molar refractivity (Wildman–Crippen MR) is 81.9 cm³/mol. The summed E-state index contributed by atoms with van der Waals surface area (Å²) in [5.74, 6) is -1.05. The van der Waals surface area contributed by atoms with Gasteiger partial charge in [0.1, 0.15) is 12.1 Å². The molecular weight excluding hydrogens is 282 g/mol. The number of carboxylic acid groups (broad SMARTS) is 1. The van der Waals surface area contributed by atoms with Gasteiger partial charge >= 0.3 is 5.97 Å². The Morgan fingerprint density at radius 3 is 2.59 bits per heavy atom. The maximum Gasteiger partial charge on any atom is 0.323 e. The van der Waals surface area contributed by atoms with Gasteiger partial charge in [0.2, 0.25) is 0 Å². The highest BCUT2D eigenvalue weighted by atomic mass is 16.4. The van der Waals surface area contributed by atoms with Gasteiger partial charge < -0.3 is 9.67 Å². The number of aryl methyl sites for hydroxylation is 1. The summed E-state index contributed by atoms with van der Waals surface area (Å²) in [5.41, 5.74) is 2.83. The van der Waals surface area contributed by atoms with Gasteiger partial charge in [-0.2, -0.15) is 5.10 Å². The number of nitrogens with zero attached hydrogens (tertiary/aromatic N) is 3. The lowest BCUT2D eigenvalue weighted by atomic mass is 10.1. The first-order valence-electron chi connectivity index (χ1n) is 6.98. The van der Waals surface area contributed by atoms with Crippen molar-refractivity contribution in [2.75, 3.05) is 0 Å². The number of hydrogen-bond donors (Lipinski definition) is 1. The highest BCUT2D eigenvalue weighted by Crippen LogP contribution is 2.19. The van der Waals surface area contributed by atoms with E-state index in [0.717, 1.165) is 16.6 Å². The third-order valence-electron chi connectivity index (χ3n) is 3.57. The van der Waals surface area contributed by atoms with Crippen LogP contribution >= 0.6 is 0 Å². The lowest BCUT2D eigenvalue weighted by molar-refractivity contribution is -0.137. The van der Waals surface area contributed by atoms with Gasteiger partial charge in [0, 0.05) is 18.0 Å². The number of aliphatic carboxylic acids is 1. The first kappa shape index (κ1) is 14.1. The molecule has 6 nitrogen and oxygen atoms in total. The summed E-state index contributed by atoms with van der Waals surface area (Å²) in [4.78, 5) is 23.0. The fourth-order valence-corrected chi connectivity index (χ4v) is 2.35. The third kappa shape index (κ3) is 2.50. The van der Waals surface area contributed by atoms with Gasteiger partial charge in [0.15, 0.2) is 0 Å². The smallest absolute Gasteiger partial charge is 0.323 e. The molecule has 6 heteroatoms. The predicted octanol–water partition coefficient (Wildman–Crippen LogP) is 1.81. The maximum atomic E-state index is 12.2. The molecule has 1 aromatic carbocycles. The topological polar surface area (TPSA) is 76.6 Å². The summed E-state index contributed by atoms with van der Waals surface area (Å²) in [7, 11) is 0. The van der Waals surface area contributed by atoms with Crippen LogP contribution in [0.3, 0.4) is 0 Å². The van der Waals surface area contributed by atoms with Crippen LogP contribution < -0.4 is 5.56 Å². The number of rotatable bonds is 4. The Morgan fingerprint density at radius 1 is 1.23 bits per heavy atom. The Kier molecular flexibility index (Phi) is 3.50. The van der Waals surface area contributed by atoms with Crippen LogP contribution in [0.1, 0.15) is 12.5 Å². The summed E-state index contributed by atoms with van der Waals surface area (Å²) < 4.78 is 2.63. The van der Waals surface area contributed by atoms with Crippen molar-refractivity contribution in [3.63, 3.8) is 0 Å². The fourth-order valence-electron chi connectivity index (χ4n) is 2.35. The highest BCUT2D eigenvalue weighted by Gasteiger charge is 2.10. The molecule has 0 spiro atoms. The first-order chi connectivity index (χ1) is 10.6. The first-order valence-corrected chi connectivity index (χ1v) is 6.98. The fraction of sp³-hybridized carbons (Fsp3) is 0.188. The minimum atomic E-state index is -1.05. The summed E-state index contributed by atoms with van der Waals surface area (Å²) in [5, 5.41) is 13.2. The number of hydrogen-bond acceptors (Lipinski definition) is 3. The van der Waals surface area contributed by atoms with E-state index in [1.54, 1.807) is 12.3 Å². The van der Waals surface area contributed by atoms with E-state index in [-0.39, 0.29) is 12.1 Å². The van der Waals surface area contributed by atoms with Crippen LogP contribution in [0, 0.1) is 0 Å². The van der Waals surface area contributed by atoms with Crippen LogP contribution in [0.25, 0.3) is 16.8 Å². The Hall–Kier alpha value is -2.89. The number of carbonyl (C=O) groups is 1. The quantitative estimate of drug-likeness (QED) is 0.796. The average Bonchev–Trinajstić information content (AvgIpc) is 2.95. The van der Waals surface area contributed by atoms with E-state index >= 15 is 0 Å². The molecule has 0 saturated heterocycles. The van der Waals surface area contributed by atoms with Crippen molar-refractivity contribution < 1.29 is 9.90 Å². The minimum absolute atomic E-state index is 0.360. The van der Waals surface area contributed by atoms with E-state index in [1.165, 1.54) is 16.3 Å². The molecule has 22 heavy (non-hydrogen) atoms. The van der Waals surface area contributed by atoms with Crippen LogP contribution in [-0.2, 0) is 17.8 Å². The van der Waals surface area contributed by atoms with Crippen molar-refractivity contribution in [3.05, 3.63) is 58.6 Å². The molecule has 0 unspecified atom stereocenters. The molecule has 0 saturated carbocycles. The number of benzene rings is 1. The van der Waals surface area contributed by atoms with E-state index in [9.17, 15) is 9.59 Å². The maximum absolute atomic E-state index is 12.2. The summed E-state index contributed by atoms with van der Waals surface area (Å²) >= 11 is 0.